The first kappa shape index (κ1) is 13.7. The third-order valence-corrected chi connectivity index (χ3v) is 9.49. The highest BCUT2D eigenvalue weighted by Gasteiger charge is 2.18. The summed E-state index contributed by atoms with van der Waals surface area (Å²) in [6, 6.07) is -43.5. The molecule has 0 saturated heterocycles. The van der Waals surface area contributed by atoms with Gasteiger partial charge in [-0.3, -0.25) is 0 Å². The minimum Gasteiger partial charge on any atom is -0.309 e. The smallest absolute Gasteiger partial charge is 0.0651 e. The van der Waals surface area contributed by atoms with E-state index in [2.05, 4.69) is 0 Å². The van der Waals surface area contributed by atoms with Crippen molar-refractivity contribution < 1.29 is 54.8 Å². The summed E-state index contributed by atoms with van der Waals surface area (Å²) in [6.45, 7) is 0. The Kier molecular flexibility index (Phi) is 3.26. The van der Waals surface area contributed by atoms with Crippen molar-refractivity contribution in [3.8, 4) is 67.0 Å². The summed E-state index contributed by atoms with van der Waals surface area (Å²) in [4.78, 5) is 0. The van der Waals surface area contributed by atoms with Crippen LogP contribution < -0.4 is 0 Å². The second-order valence-corrected chi connectivity index (χ2v) is 13.0. The van der Waals surface area contributed by atoms with Gasteiger partial charge in [0.05, 0.1) is 76.9 Å². The van der Waals surface area contributed by atoms with Crippen molar-refractivity contribution >= 4 is 43.6 Å². The number of rotatable bonds is 7. The molecule has 0 aliphatic heterocycles. The molecule has 0 N–H and O–H groups in total. The highest BCUT2D eigenvalue weighted by Crippen LogP contribution is 2.40. The molecule has 12 aromatic rings. The van der Waals surface area contributed by atoms with Crippen molar-refractivity contribution in [1.29, 1.82) is 0 Å². The van der Waals surface area contributed by atoms with Crippen LogP contribution in [0.4, 0.5) is 0 Å². The van der Waals surface area contributed by atoms with Crippen LogP contribution in [-0.2, 0) is 0 Å². The predicted molar refractivity (Wildman–Crippen MR) is 262 cm³/mol. The fourth-order valence-electron chi connectivity index (χ4n) is 6.80. The van der Waals surface area contributed by atoms with Crippen LogP contribution in [0.1, 0.15) is 54.8 Å². The maximum Gasteiger partial charge on any atom is 0.0651 e. The van der Waals surface area contributed by atoms with Gasteiger partial charge in [0.15, 0.2) is 0 Å². The molecule has 0 amide bonds. The lowest BCUT2D eigenvalue weighted by atomic mass is 9.98. The van der Waals surface area contributed by atoms with Crippen molar-refractivity contribution in [1.82, 2.24) is 9.13 Å². The van der Waals surface area contributed by atoms with E-state index in [9.17, 15) is 23.3 Å². The Morgan fingerprint density at radius 1 is 0.210 bits per heavy atom. The number of aromatic nitrogens is 2. The number of para-hydroxylation sites is 2. The van der Waals surface area contributed by atoms with E-state index in [-0.39, 0.29) is 0 Å². The molecule has 62 heavy (non-hydrogen) atoms. The average molecular weight is 829 g/mol. The van der Waals surface area contributed by atoms with Gasteiger partial charge in [0.1, 0.15) is 0 Å². The van der Waals surface area contributed by atoms with Crippen LogP contribution in [0.25, 0.3) is 111 Å². The highest BCUT2D eigenvalue weighted by molar-refractivity contribution is 6.13. The maximum absolute atomic E-state index is 10.1. The Balaban J connectivity index is 1.24. The molecule has 0 bridgehead atoms. The van der Waals surface area contributed by atoms with E-state index in [0.717, 1.165) is 0 Å². The summed E-state index contributed by atoms with van der Waals surface area (Å²) < 4.78 is 366. The first-order valence-corrected chi connectivity index (χ1v) is 18.1. The van der Waals surface area contributed by atoms with Gasteiger partial charge < -0.3 is 9.13 Å². The molecule has 290 valence electrons. The standard InChI is InChI=1S/C60H40N2/c1-4-15-41(16-5-1)44-27-29-45(30-28-44)46-21-14-22-51(36-46)61-57-25-12-10-23-53(57)55-39-47(31-33-59(55)61)48-32-34-60-56(40-48)54-24-11-13-26-58(54)62(60)52-37-49(42-17-6-2-7-18-42)35-50(38-52)43-19-8-3-9-20-43/h1-40H/i1D,2D,3D,4D,5D,6D,7D,8D,9D,10D,11D,12D,13D,14D,15D,16D,17D,18D,19D,20D,21D,22D,23D,24D,25D,26D,27D,28D,29D,30D,31D,32D,33D,34D,35D,36D,37D,38D,39D,40D. The quantitative estimate of drug-likeness (QED) is 0.151. The average Bonchev–Trinajstić information content (AvgIpc) is 1.50. The molecule has 2 aromatic heterocycles. The van der Waals surface area contributed by atoms with E-state index in [1.807, 2.05) is 0 Å². The number of fused-ring (bicyclic) bond motifs is 6. The summed E-state index contributed by atoms with van der Waals surface area (Å²) in [5.41, 5.74) is -15.1. The lowest BCUT2D eigenvalue weighted by Gasteiger charge is -2.14. The second kappa shape index (κ2) is 14.8. The highest BCUT2D eigenvalue weighted by atomic mass is 15.0. The second-order valence-electron chi connectivity index (χ2n) is 13.0. The minimum atomic E-state index is -1.25. The molecular weight excluding hydrogens is 749 g/mol. The lowest BCUT2D eigenvalue weighted by Crippen LogP contribution is -1.96. The zero-order chi connectivity index (χ0) is 75.8. The van der Waals surface area contributed by atoms with E-state index >= 15 is 0 Å². The third kappa shape index (κ3) is 6.12. The maximum atomic E-state index is 10.1. The molecule has 0 atom stereocenters. The normalized spacial score (nSPS) is 20.6. The number of hydrogen-bond donors (Lipinski definition) is 0. The first-order chi connectivity index (χ1) is 47.4. The molecule has 0 aliphatic carbocycles. The molecule has 0 unspecified atom stereocenters. The number of nitrogens with zero attached hydrogens (tertiary/aromatic N) is 2. The Hall–Kier alpha value is -8.20. The zero-order valence-electron chi connectivity index (χ0n) is 70.9. The van der Waals surface area contributed by atoms with Crippen molar-refractivity contribution in [3.63, 3.8) is 0 Å². The van der Waals surface area contributed by atoms with Gasteiger partial charge in [0.2, 0.25) is 0 Å². The summed E-state index contributed by atoms with van der Waals surface area (Å²) in [6.07, 6.45) is 0. The Bertz CT molecular complexity index is 5790. The summed E-state index contributed by atoms with van der Waals surface area (Å²) in [5, 5.41) is -3.23. The SMILES string of the molecule is [2H]c1c([2H])c([2H])c(-c2c([2H])c([2H])c(-c3c([2H])c([2H])c([2H])c(-n4c5c([2H])c([2H])c([2H])c([2H])c5c5c([2H])c(-c6c([2H])c([2H])c7c(c6[2H])c6c([2H])c([2H])c([2H])c([2H])c6n7-c6c([2H])c(-c7c([2H])c([2H])c([2H])c([2H])c7[2H])c([2H])c(-c7c([2H])c([2H])c([2H])c([2H])c7[2H])c6[2H])c([2H])c([2H])c54)c3[2H])c([2H])c2[2H])c([2H])c1[2H]. The largest absolute Gasteiger partial charge is 0.309 e. The summed E-state index contributed by atoms with van der Waals surface area (Å²) in [7, 11) is 0. The third-order valence-electron chi connectivity index (χ3n) is 9.49. The predicted octanol–water partition coefficient (Wildman–Crippen LogP) is 16.2. The molecule has 0 saturated carbocycles. The Morgan fingerprint density at radius 2 is 0.548 bits per heavy atom. The van der Waals surface area contributed by atoms with Gasteiger partial charge in [-0.05, 0) is 122 Å². The molecule has 0 aliphatic rings. The molecule has 2 heteroatoms. The van der Waals surface area contributed by atoms with E-state index < -0.39 is 352 Å². The number of hydrogen-bond acceptors (Lipinski definition) is 0. The first-order valence-electron chi connectivity index (χ1n) is 38.1. The van der Waals surface area contributed by atoms with Gasteiger partial charge in [-0.15, -0.1) is 0 Å². The Morgan fingerprint density at radius 3 is 1.06 bits per heavy atom. The van der Waals surface area contributed by atoms with Crippen LogP contribution in [0, 0.1) is 0 Å². The van der Waals surface area contributed by atoms with E-state index in [1.54, 1.807) is 0 Å². The van der Waals surface area contributed by atoms with Gasteiger partial charge in [-0.25, -0.2) is 0 Å². The molecule has 10 aromatic carbocycles. The molecule has 0 fully saturated rings. The summed E-state index contributed by atoms with van der Waals surface area (Å²) >= 11 is 0. The molecule has 12 rings (SSSR count). The van der Waals surface area contributed by atoms with Gasteiger partial charge in [-0.2, -0.15) is 0 Å². The van der Waals surface area contributed by atoms with Crippen LogP contribution in [0.15, 0.2) is 242 Å². The van der Waals surface area contributed by atoms with E-state index in [4.69, 9.17) is 31.5 Å². The van der Waals surface area contributed by atoms with Crippen molar-refractivity contribution in [3.05, 3.63) is 242 Å². The number of benzene rings is 10. The fraction of sp³-hybridized carbons (Fsp3) is 0. The zero-order valence-corrected chi connectivity index (χ0v) is 30.9. The van der Waals surface area contributed by atoms with E-state index in [1.165, 1.54) is 0 Å². The molecular formula is C60H40N2. The fourth-order valence-corrected chi connectivity index (χ4v) is 6.80. The molecule has 2 nitrogen and oxygen atoms in total. The van der Waals surface area contributed by atoms with Crippen molar-refractivity contribution in [2.24, 2.45) is 0 Å². The van der Waals surface area contributed by atoms with E-state index in [0.29, 0.717) is 9.13 Å². The minimum absolute atomic E-state index is 0.560. The topological polar surface area (TPSA) is 9.86 Å². The lowest BCUT2D eigenvalue weighted by molar-refractivity contribution is 1.18. The van der Waals surface area contributed by atoms with Gasteiger partial charge in [0, 0.05) is 32.9 Å². The van der Waals surface area contributed by atoms with Crippen molar-refractivity contribution in [2.75, 3.05) is 0 Å². The molecule has 2 heterocycles. The van der Waals surface area contributed by atoms with Crippen LogP contribution in [0.3, 0.4) is 0 Å². The summed E-state index contributed by atoms with van der Waals surface area (Å²) in [5.74, 6) is 0. The van der Waals surface area contributed by atoms with Crippen LogP contribution in [-0.4, -0.2) is 9.13 Å². The Labute approximate surface area is 417 Å². The van der Waals surface area contributed by atoms with Gasteiger partial charge in [-0.1, -0.05) is 175 Å². The monoisotopic (exact) mass is 829 g/mol. The van der Waals surface area contributed by atoms with Crippen LogP contribution in [0.5, 0.6) is 0 Å². The van der Waals surface area contributed by atoms with Gasteiger partial charge in [0.25, 0.3) is 0 Å². The van der Waals surface area contributed by atoms with Crippen LogP contribution in [0.2, 0.25) is 0 Å². The van der Waals surface area contributed by atoms with Crippen molar-refractivity contribution in [2.45, 2.75) is 0 Å². The van der Waals surface area contributed by atoms with Gasteiger partial charge >= 0.3 is 0 Å². The molecule has 0 radical (unpaired) electrons. The van der Waals surface area contributed by atoms with Crippen LogP contribution >= 0.6 is 0 Å². The molecule has 0 spiro atoms.